The number of nitrogen functional groups attached to an aromatic ring is 1. The number of hydrogen-bond acceptors (Lipinski definition) is 4. The topological polar surface area (TPSA) is 88.2 Å². The summed E-state index contributed by atoms with van der Waals surface area (Å²) in [5.74, 6) is -1.14. The van der Waals surface area contributed by atoms with Crippen LogP contribution >= 0.6 is 39.1 Å². The van der Waals surface area contributed by atoms with Crippen molar-refractivity contribution in [1.29, 1.82) is 0 Å². The molecule has 5 nitrogen and oxygen atoms in total. The van der Waals surface area contributed by atoms with Gasteiger partial charge in [-0.25, -0.2) is 9.78 Å². The van der Waals surface area contributed by atoms with E-state index in [9.17, 15) is 4.79 Å². The number of halogens is 3. The minimum Gasteiger partial charge on any atom is -0.478 e. The van der Waals surface area contributed by atoms with Crippen molar-refractivity contribution < 1.29 is 9.90 Å². The molecule has 1 aromatic heterocycles. The van der Waals surface area contributed by atoms with Crippen molar-refractivity contribution in [2.45, 2.75) is 0 Å². The maximum atomic E-state index is 11.2. The number of aromatic nitrogens is 1. The van der Waals surface area contributed by atoms with Crippen LogP contribution in [0.15, 0.2) is 28.9 Å². The Labute approximate surface area is 132 Å². The van der Waals surface area contributed by atoms with Crippen molar-refractivity contribution in [3.05, 3.63) is 44.5 Å². The fourth-order valence-corrected chi connectivity index (χ4v) is 2.43. The molecule has 0 spiro atoms. The fourth-order valence-electron chi connectivity index (χ4n) is 1.51. The Bertz CT molecular complexity index is 695. The van der Waals surface area contributed by atoms with Crippen LogP contribution in [0, 0.1) is 0 Å². The number of pyridine rings is 1. The second-order valence-electron chi connectivity index (χ2n) is 3.80. The average molecular weight is 377 g/mol. The van der Waals surface area contributed by atoms with E-state index in [1.165, 1.54) is 0 Å². The Morgan fingerprint density at radius 1 is 1.40 bits per heavy atom. The van der Waals surface area contributed by atoms with E-state index in [2.05, 4.69) is 26.2 Å². The van der Waals surface area contributed by atoms with Crippen LogP contribution in [-0.4, -0.2) is 16.1 Å². The number of nitrogens with two attached hydrogens (primary N) is 1. The molecule has 2 aromatic rings. The summed E-state index contributed by atoms with van der Waals surface area (Å²) in [5.41, 5.74) is 6.15. The van der Waals surface area contributed by atoms with Gasteiger partial charge in [-0.2, -0.15) is 0 Å². The predicted octanol–water partition coefficient (Wildman–Crippen LogP) is 4.17. The van der Waals surface area contributed by atoms with Crippen LogP contribution in [0.2, 0.25) is 10.0 Å². The largest absolute Gasteiger partial charge is 0.478 e. The van der Waals surface area contributed by atoms with E-state index in [-0.39, 0.29) is 22.1 Å². The van der Waals surface area contributed by atoms with E-state index >= 15 is 0 Å². The number of aromatic carboxylic acids is 1. The second-order valence-corrected chi connectivity index (χ2v) is 5.50. The monoisotopic (exact) mass is 375 g/mol. The number of hydrogen-bond donors (Lipinski definition) is 3. The first-order valence-corrected chi connectivity index (χ1v) is 6.84. The zero-order valence-electron chi connectivity index (χ0n) is 9.82. The number of rotatable bonds is 3. The Morgan fingerprint density at radius 2 is 2.10 bits per heavy atom. The Balaban J connectivity index is 2.52. The summed E-state index contributed by atoms with van der Waals surface area (Å²) in [6, 6.07) is 5.11. The molecular weight excluding hydrogens is 369 g/mol. The molecule has 20 heavy (non-hydrogen) atoms. The lowest BCUT2D eigenvalue weighted by Gasteiger charge is -2.13. The van der Waals surface area contributed by atoms with Crippen molar-refractivity contribution in [3.8, 4) is 0 Å². The van der Waals surface area contributed by atoms with Gasteiger partial charge in [-0.1, -0.05) is 39.1 Å². The summed E-state index contributed by atoms with van der Waals surface area (Å²) in [6.07, 6.45) is 1.14. The molecule has 2 rings (SSSR count). The number of anilines is 3. The molecule has 0 aliphatic rings. The van der Waals surface area contributed by atoms with Gasteiger partial charge in [-0.05, 0) is 18.2 Å². The van der Waals surface area contributed by atoms with Gasteiger partial charge in [0.05, 0.1) is 16.4 Å². The summed E-state index contributed by atoms with van der Waals surface area (Å²) in [5, 5.41) is 12.5. The average Bonchev–Trinajstić information content (AvgIpc) is 2.37. The first-order chi connectivity index (χ1) is 9.40. The van der Waals surface area contributed by atoms with Crippen LogP contribution < -0.4 is 11.1 Å². The normalized spacial score (nSPS) is 10.3. The van der Waals surface area contributed by atoms with Gasteiger partial charge in [0.1, 0.15) is 16.4 Å². The van der Waals surface area contributed by atoms with Gasteiger partial charge in [-0.3, -0.25) is 0 Å². The van der Waals surface area contributed by atoms with E-state index in [1.54, 1.807) is 18.2 Å². The number of carboxylic acid groups (broad SMARTS) is 1. The van der Waals surface area contributed by atoms with E-state index in [1.807, 2.05) is 0 Å². The highest BCUT2D eigenvalue weighted by Gasteiger charge is 2.17. The molecule has 0 saturated heterocycles. The summed E-state index contributed by atoms with van der Waals surface area (Å²) in [7, 11) is 0. The Kier molecular flexibility index (Phi) is 4.37. The maximum Gasteiger partial charge on any atom is 0.339 e. The third-order valence-electron chi connectivity index (χ3n) is 2.47. The number of carbonyl (C=O) groups is 1. The molecule has 0 aliphatic carbocycles. The first-order valence-electron chi connectivity index (χ1n) is 5.29. The number of carboxylic acids is 1. The van der Waals surface area contributed by atoms with Crippen LogP contribution in [0.5, 0.6) is 0 Å². The zero-order chi connectivity index (χ0) is 14.9. The SMILES string of the molecule is Nc1ncc(C(=O)O)c(Nc2ccc(Br)cc2Cl)c1Cl. The number of nitrogens with one attached hydrogen (secondary N) is 1. The van der Waals surface area contributed by atoms with Crippen molar-refractivity contribution in [2.24, 2.45) is 0 Å². The molecule has 0 atom stereocenters. The molecule has 0 aliphatic heterocycles. The number of nitrogens with zero attached hydrogens (tertiary/aromatic N) is 1. The third-order valence-corrected chi connectivity index (χ3v) is 3.66. The van der Waals surface area contributed by atoms with Crippen LogP contribution in [0.1, 0.15) is 10.4 Å². The zero-order valence-corrected chi connectivity index (χ0v) is 12.9. The molecule has 1 aromatic carbocycles. The predicted molar refractivity (Wildman–Crippen MR) is 83.1 cm³/mol. The van der Waals surface area contributed by atoms with Crippen LogP contribution in [0.4, 0.5) is 17.2 Å². The molecule has 0 bridgehead atoms. The second kappa shape index (κ2) is 5.87. The molecule has 0 unspecified atom stereocenters. The van der Waals surface area contributed by atoms with Gasteiger partial charge in [0.2, 0.25) is 0 Å². The van der Waals surface area contributed by atoms with Gasteiger partial charge in [0.25, 0.3) is 0 Å². The standard InChI is InChI=1S/C12H8BrCl2N3O2/c13-5-1-2-8(7(14)3-5)18-10-6(12(19)20)4-17-11(16)9(10)15/h1-4H,(H,19,20)(H3,16,17,18). The minimum atomic E-state index is -1.17. The maximum absolute atomic E-state index is 11.2. The molecule has 0 amide bonds. The highest BCUT2D eigenvalue weighted by atomic mass is 79.9. The van der Waals surface area contributed by atoms with Crippen molar-refractivity contribution >= 4 is 62.3 Å². The highest BCUT2D eigenvalue weighted by molar-refractivity contribution is 9.10. The van der Waals surface area contributed by atoms with Crippen molar-refractivity contribution in [2.75, 3.05) is 11.1 Å². The summed E-state index contributed by atoms with van der Waals surface area (Å²) < 4.78 is 0.798. The summed E-state index contributed by atoms with van der Waals surface area (Å²) in [4.78, 5) is 14.9. The molecule has 8 heteroatoms. The van der Waals surface area contributed by atoms with E-state index < -0.39 is 5.97 Å². The lowest BCUT2D eigenvalue weighted by atomic mass is 10.2. The van der Waals surface area contributed by atoms with Crippen molar-refractivity contribution in [1.82, 2.24) is 4.98 Å². The summed E-state index contributed by atoms with van der Waals surface area (Å²) >= 11 is 15.4. The number of benzene rings is 1. The minimum absolute atomic E-state index is 0.0314. The van der Waals surface area contributed by atoms with Crippen LogP contribution in [-0.2, 0) is 0 Å². The van der Waals surface area contributed by atoms with Gasteiger partial charge in [0.15, 0.2) is 0 Å². The lowest BCUT2D eigenvalue weighted by Crippen LogP contribution is -2.07. The van der Waals surface area contributed by atoms with E-state index in [0.29, 0.717) is 10.7 Å². The quantitative estimate of drug-likeness (QED) is 0.747. The van der Waals surface area contributed by atoms with E-state index in [0.717, 1.165) is 10.7 Å². The van der Waals surface area contributed by atoms with Gasteiger partial charge >= 0.3 is 5.97 Å². The smallest absolute Gasteiger partial charge is 0.339 e. The molecule has 4 N–H and O–H groups in total. The third kappa shape index (κ3) is 2.98. The first kappa shape index (κ1) is 14.9. The Morgan fingerprint density at radius 3 is 2.70 bits per heavy atom. The van der Waals surface area contributed by atoms with Crippen LogP contribution in [0.3, 0.4) is 0 Å². The Hall–Kier alpha value is -1.50. The molecule has 0 saturated carbocycles. The van der Waals surface area contributed by atoms with E-state index in [4.69, 9.17) is 34.0 Å². The molecule has 1 heterocycles. The molecule has 0 radical (unpaired) electrons. The molecular formula is C12H8BrCl2N3O2. The molecule has 104 valence electrons. The highest BCUT2D eigenvalue weighted by Crippen LogP contribution is 2.35. The van der Waals surface area contributed by atoms with Crippen molar-refractivity contribution in [3.63, 3.8) is 0 Å². The van der Waals surface area contributed by atoms with Gasteiger partial charge in [-0.15, -0.1) is 0 Å². The lowest BCUT2D eigenvalue weighted by molar-refractivity contribution is 0.0697. The fraction of sp³-hybridized carbons (Fsp3) is 0. The van der Waals surface area contributed by atoms with Crippen LogP contribution in [0.25, 0.3) is 0 Å². The summed E-state index contributed by atoms with van der Waals surface area (Å²) in [6.45, 7) is 0. The van der Waals surface area contributed by atoms with Gasteiger partial charge in [0, 0.05) is 10.7 Å². The van der Waals surface area contributed by atoms with Gasteiger partial charge < -0.3 is 16.2 Å². The molecule has 0 fully saturated rings.